The molecule has 4 rings (SSSR count). The molecule has 1 unspecified atom stereocenters. The fraction of sp³-hybridized carbons (Fsp3) is 0.182. The quantitative estimate of drug-likeness (QED) is 0.490. The molecular weight excluding hydrogens is 398 g/mol. The topological polar surface area (TPSA) is 92.3 Å². The molecule has 1 N–H and O–H groups in total. The first kappa shape index (κ1) is 19.7. The van der Waals surface area contributed by atoms with Crippen LogP contribution in [0.2, 0.25) is 0 Å². The fourth-order valence-electron chi connectivity index (χ4n) is 3.23. The number of benzene rings is 2. The van der Waals surface area contributed by atoms with Gasteiger partial charge in [-0.05, 0) is 55.8 Å². The highest BCUT2D eigenvalue weighted by Crippen LogP contribution is 2.30. The molecule has 0 spiro atoms. The molecule has 0 bridgehead atoms. The third-order valence-corrected chi connectivity index (χ3v) is 5.83. The van der Waals surface area contributed by atoms with Gasteiger partial charge in [-0.15, -0.1) is 10.2 Å². The second-order valence-electron chi connectivity index (χ2n) is 6.83. The van der Waals surface area contributed by atoms with Crippen LogP contribution in [0.3, 0.4) is 0 Å². The SMILES string of the molecule is COc1ccc2c(C)cc3nnc(SC(C)C(=O)Nc4cccc(C#N)c4)n3c2c1. The van der Waals surface area contributed by atoms with Gasteiger partial charge >= 0.3 is 0 Å². The van der Waals surface area contributed by atoms with Crippen molar-refractivity contribution in [1.29, 1.82) is 5.26 Å². The second-order valence-corrected chi connectivity index (χ2v) is 8.14. The van der Waals surface area contributed by atoms with Crippen molar-refractivity contribution in [3.8, 4) is 11.8 Å². The Hall–Kier alpha value is -3.57. The van der Waals surface area contributed by atoms with Gasteiger partial charge in [-0.1, -0.05) is 17.8 Å². The van der Waals surface area contributed by atoms with Gasteiger partial charge in [0.1, 0.15) is 5.75 Å². The lowest BCUT2D eigenvalue weighted by Gasteiger charge is -2.13. The minimum atomic E-state index is -0.426. The third kappa shape index (κ3) is 3.67. The van der Waals surface area contributed by atoms with Crippen LogP contribution >= 0.6 is 11.8 Å². The molecule has 8 heteroatoms. The Balaban J connectivity index is 1.65. The highest BCUT2D eigenvalue weighted by molar-refractivity contribution is 8.00. The zero-order chi connectivity index (χ0) is 21.3. The van der Waals surface area contributed by atoms with Crippen molar-refractivity contribution in [1.82, 2.24) is 14.6 Å². The zero-order valence-corrected chi connectivity index (χ0v) is 17.5. The number of pyridine rings is 1. The van der Waals surface area contributed by atoms with Crippen LogP contribution in [0.15, 0.2) is 53.7 Å². The van der Waals surface area contributed by atoms with E-state index in [1.54, 1.807) is 31.4 Å². The zero-order valence-electron chi connectivity index (χ0n) is 16.7. The molecule has 0 aliphatic rings. The van der Waals surface area contributed by atoms with Crippen LogP contribution in [0.5, 0.6) is 5.75 Å². The van der Waals surface area contributed by atoms with Crippen LogP contribution in [0, 0.1) is 18.3 Å². The number of nitriles is 1. The molecule has 4 aromatic rings. The van der Waals surface area contributed by atoms with E-state index in [2.05, 4.69) is 21.6 Å². The summed E-state index contributed by atoms with van der Waals surface area (Å²) in [6.07, 6.45) is 0. The Morgan fingerprint density at radius 3 is 2.83 bits per heavy atom. The van der Waals surface area contributed by atoms with E-state index in [0.29, 0.717) is 22.1 Å². The summed E-state index contributed by atoms with van der Waals surface area (Å²) in [5.41, 5.74) is 3.80. The Morgan fingerprint density at radius 1 is 1.23 bits per heavy atom. The number of aryl methyl sites for hydroxylation is 1. The number of ether oxygens (including phenoxy) is 1. The van der Waals surface area contributed by atoms with Gasteiger partial charge in [-0.2, -0.15) is 5.26 Å². The molecule has 1 atom stereocenters. The summed E-state index contributed by atoms with van der Waals surface area (Å²) in [4.78, 5) is 12.7. The Kier molecular flexibility index (Phi) is 5.29. The number of carbonyl (C=O) groups is 1. The maximum Gasteiger partial charge on any atom is 0.237 e. The molecule has 7 nitrogen and oxygen atoms in total. The second kappa shape index (κ2) is 8.05. The van der Waals surface area contributed by atoms with Crippen molar-refractivity contribution in [3.05, 3.63) is 59.7 Å². The Labute approximate surface area is 177 Å². The van der Waals surface area contributed by atoms with E-state index < -0.39 is 5.25 Å². The fourth-order valence-corrected chi connectivity index (χ4v) is 4.10. The Morgan fingerprint density at radius 2 is 2.07 bits per heavy atom. The van der Waals surface area contributed by atoms with Crippen molar-refractivity contribution in [2.24, 2.45) is 0 Å². The lowest BCUT2D eigenvalue weighted by atomic mass is 10.1. The normalized spacial score (nSPS) is 11.9. The van der Waals surface area contributed by atoms with Gasteiger partial charge < -0.3 is 10.1 Å². The van der Waals surface area contributed by atoms with Crippen LogP contribution in [0.4, 0.5) is 5.69 Å². The predicted molar refractivity (Wildman–Crippen MR) is 117 cm³/mol. The molecule has 0 radical (unpaired) electrons. The number of rotatable bonds is 5. The van der Waals surface area contributed by atoms with Crippen LogP contribution in [-0.4, -0.2) is 32.9 Å². The number of fused-ring (bicyclic) bond motifs is 3. The molecule has 0 aliphatic heterocycles. The standard InChI is InChI=1S/C22H19N5O2S/c1-13-9-20-25-26-22(27(20)19-11-17(29-3)7-8-18(13)19)30-14(2)21(28)24-16-6-4-5-15(10-16)12-23/h4-11,14H,1-3H3,(H,24,28). The lowest BCUT2D eigenvalue weighted by Crippen LogP contribution is -2.22. The van der Waals surface area contributed by atoms with E-state index in [1.807, 2.05) is 42.5 Å². The first-order chi connectivity index (χ1) is 14.5. The molecule has 1 amide bonds. The molecule has 2 aromatic heterocycles. The molecule has 150 valence electrons. The summed E-state index contributed by atoms with van der Waals surface area (Å²) in [5.74, 6) is 0.558. The first-order valence-corrected chi connectivity index (χ1v) is 10.2. The third-order valence-electron chi connectivity index (χ3n) is 4.79. The minimum absolute atomic E-state index is 0.180. The molecule has 0 saturated carbocycles. The van der Waals surface area contributed by atoms with Gasteiger partial charge in [0.15, 0.2) is 10.8 Å². The number of nitrogens with zero attached hydrogens (tertiary/aromatic N) is 4. The van der Waals surface area contributed by atoms with Gasteiger partial charge in [-0.3, -0.25) is 9.20 Å². The summed E-state index contributed by atoms with van der Waals surface area (Å²) < 4.78 is 7.32. The maximum atomic E-state index is 12.7. The number of methoxy groups -OCH3 is 1. The summed E-state index contributed by atoms with van der Waals surface area (Å²) in [6.45, 7) is 3.84. The van der Waals surface area contributed by atoms with E-state index >= 15 is 0 Å². The van der Waals surface area contributed by atoms with Crippen molar-refractivity contribution >= 4 is 39.9 Å². The average molecular weight is 417 g/mol. The Bertz CT molecular complexity index is 1310. The van der Waals surface area contributed by atoms with Crippen molar-refractivity contribution in [2.45, 2.75) is 24.3 Å². The summed E-state index contributed by atoms with van der Waals surface area (Å²) in [5, 5.41) is 21.7. The molecule has 2 heterocycles. The average Bonchev–Trinajstić information content (AvgIpc) is 3.15. The molecule has 30 heavy (non-hydrogen) atoms. The number of thioether (sulfide) groups is 1. The number of amides is 1. The largest absolute Gasteiger partial charge is 0.497 e. The van der Waals surface area contributed by atoms with Crippen molar-refractivity contribution < 1.29 is 9.53 Å². The van der Waals surface area contributed by atoms with Gasteiger partial charge in [0, 0.05) is 17.1 Å². The number of nitrogens with one attached hydrogen (secondary N) is 1. The molecule has 0 saturated heterocycles. The maximum absolute atomic E-state index is 12.7. The monoisotopic (exact) mass is 417 g/mol. The lowest BCUT2D eigenvalue weighted by molar-refractivity contribution is -0.115. The van der Waals surface area contributed by atoms with E-state index in [-0.39, 0.29) is 5.91 Å². The van der Waals surface area contributed by atoms with E-state index in [1.165, 1.54) is 11.8 Å². The van der Waals surface area contributed by atoms with E-state index in [4.69, 9.17) is 10.00 Å². The minimum Gasteiger partial charge on any atom is -0.497 e. The van der Waals surface area contributed by atoms with Gasteiger partial charge in [-0.25, -0.2) is 0 Å². The van der Waals surface area contributed by atoms with Crippen molar-refractivity contribution in [3.63, 3.8) is 0 Å². The molecular formula is C22H19N5O2S. The van der Waals surface area contributed by atoms with Gasteiger partial charge in [0.2, 0.25) is 5.91 Å². The van der Waals surface area contributed by atoms with Crippen molar-refractivity contribution in [2.75, 3.05) is 12.4 Å². The van der Waals surface area contributed by atoms with Crippen LogP contribution in [0.25, 0.3) is 16.6 Å². The van der Waals surface area contributed by atoms with Crippen LogP contribution < -0.4 is 10.1 Å². The van der Waals surface area contributed by atoms with Gasteiger partial charge in [0.05, 0.1) is 29.5 Å². The molecule has 2 aromatic carbocycles. The van der Waals surface area contributed by atoms with Gasteiger partial charge in [0.25, 0.3) is 0 Å². The number of aromatic nitrogens is 3. The van der Waals surface area contributed by atoms with Crippen LogP contribution in [-0.2, 0) is 4.79 Å². The summed E-state index contributed by atoms with van der Waals surface area (Å²) in [6, 6.07) is 16.7. The smallest absolute Gasteiger partial charge is 0.237 e. The van der Waals surface area contributed by atoms with E-state index in [0.717, 1.165) is 22.2 Å². The molecule has 0 fully saturated rings. The number of anilines is 1. The first-order valence-electron chi connectivity index (χ1n) is 9.30. The van der Waals surface area contributed by atoms with E-state index in [9.17, 15) is 4.79 Å². The number of hydrogen-bond donors (Lipinski definition) is 1. The molecule has 0 aliphatic carbocycles. The number of hydrogen-bond acceptors (Lipinski definition) is 6. The van der Waals surface area contributed by atoms with Crippen LogP contribution in [0.1, 0.15) is 18.1 Å². The highest BCUT2D eigenvalue weighted by atomic mass is 32.2. The number of carbonyl (C=O) groups excluding carboxylic acids is 1. The summed E-state index contributed by atoms with van der Waals surface area (Å²) >= 11 is 1.32. The predicted octanol–water partition coefficient (Wildman–Crippen LogP) is 4.19. The summed E-state index contributed by atoms with van der Waals surface area (Å²) in [7, 11) is 1.63. The highest BCUT2D eigenvalue weighted by Gasteiger charge is 2.20.